The molecule has 0 bridgehead atoms. The third kappa shape index (κ3) is 3.73. The number of oxime groups is 1. The van der Waals surface area contributed by atoms with E-state index in [1.54, 1.807) is 22.2 Å². The Kier molecular flexibility index (Phi) is 5.18. The first-order valence-corrected chi connectivity index (χ1v) is 12.8. The van der Waals surface area contributed by atoms with Gasteiger partial charge in [-0.3, -0.25) is 0 Å². The van der Waals surface area contributed by atoms with Crippen LogP contribution in [0.25, 0.3) is 16.4 Å². The molecule has 0 unspecified atom stereocenters. The quantitative estimate of drug-likeness (QED) is 0.196. The molecule has 37 heavy (non-hydrogen) atoms. The molecule has 1 atom stereocenters. The fourth-order valence-electron chi connectivity index (χ4n) is 4.86. The lowest BCUT2D eigenvalue weighted by Gasteiger charge is -2.28. The van der Waals surface area contributed by atoms with Gasteiger partial charge < -0.3 is 9.57 Å². The van der Waals surface area contributed by atoms with Crippen LogP contribution in [0.5, 0.6) is 11.6 Å². The molecule has 0 saturated carbocycles. The third-order valence-electron chi connectivity index (χ3n) is 6.55. The van der Waals surface area contributed by atoms with Crippen LogP contribution in [0.3, 0.4) is 0 Å². The summed E-state index contributed by atoms with van der Waals surface area (Å²) in [6.45, 7) is 2.07. The SMILES string of the molecule is C/C(=N/OCc1nc2c3c(ncn2n1)Oc1c(ccc2ccccc12)[C@@H]3c1ccccc1)c1cccs1. The zero-order chi connectivity index (χ0) is 24.8. The number of ether oxygens (including phenoxy) is 1. The summed E-state index contributed by atoms with van der Waals surface area (Å²) in [5.41, 5.74) is 4.60. The van der Waals surface area contributed by atoms with E-state index < -0.39 is 0 Å². The van der Waals surface area contributed by atoms with E-state index in [1.807, 2.05) is 42.6 Å². The summed E-state index contributed by atoms with van der Waals surface area (Å²) in [6.07, 6.45) is 1.64. The maximum Gasteiger partial charge on any atom is 0.228 e. The molecule has 1 aliphatic heterocycles. The van der Waals surface area contributed by atoms with Gasteiger partial charge in [-0.05, 0) is 29.3 Å². The topological polar surface area (TPSA) is 73.9 Å². The van der Waals surface area contributed by atoms with Crippen LogP contribution in [0.1, 0.15) is 40.2 Å². The van der Waals surface area contributed by atoms with Gasteiger partial charge in [-0.1, -0.05) is 78.0 Å². The molecule has 7 nitrogen and oxygen atoms in total. The summed E-state index contributed by atoms with van der Waals surface area (Å²) in [7, 11) is 0. The van der Waals surface area contributed by atoms with Crippen LogP contribution < -0.4 is 4.74 Å². The van der Waals surface area contributed by atoms with Crippen molar-refractivity contribution in [1.82, 2.24) is 19.6 Å². The summed E-state index contributed by atoms with van der Waals surface area (Å²) in [5.74, 6) is 1.78. The Morgan fingerprint density at radius 1 is 1.03 bits per heavy atom. The minimum Gasteiger partial charge on any atom is -0.438 e. The van der Waals surface area contributed by atoms with E-state index in [4.69, 9.17) is 14.6 Å². The van der Waals surface area contributed by atoms with Crippen molar-refractivity contribution in [2.75, 3.05) is 0 Å². The third-order valence-corrected chi connectivity index (χ3v) is 7.52. The molecular weight excluding hydrogens is 482 g/mol. The van der Waals surface area contributed by atoms with Crippen molar-refractivity contribution in [3.05, 3.63) is 118 Å². The van der Waals surface area contributed by atoms with Gasteiger partial charge in [-0.2, -0.15) is 0 Å². The van der Waals surface area contributed by atoms with Crippen molar-refractivity contribution in [2.45, 2.75) is 19.4 Å². The van der Waals surface area contributed by atoms with Crippen molar-refractivity contribution in [3.8, 4) is 11.6 Å². The predicted octanol–water partition coefficient (Wildman–Crippen LogP) is 6.57. The molecule has 1 aliphatic rings. The van der Waals surface area contributed by atoms with Gasteiger partial charge in [0.15, 0.2) is 18.1 Å². The standard InChI is InChI=1S/C29H21N5O2S/c1-18(23-12-7-15-37-23)33-35-16-24-31-28-26-25(20-9-3-2-4-10-20)22-14-13-19-8-5-6-11-21(19)27(22)36-29(26)30-17-34(28)32-24/h2-15,17,25H,16H2,1H3/b33-18-/t25-/m0/s1. The Bertz CT molecular complexity index is 1780. The van der Waals surface area contributed by atoms with Crippen molar-refractivity contribution in [2.24, 2.45) is 5.16 Å². The lowest BCUT2D eigenvalue weighted by Crippen LogP contribution is -2.15. The minimum atomic E-state index is -0.113. The van der Waals surface area contributed by atoms with Gasteiger partial charge in [0.2, 0.25) is 5.88 Å². The normalized spacial score (nSPS) is 14.8. The molecule has 180 valence electrons. The number of fused-ring (bicyclic) bond motifs is 6. The van der Waals surface area contributed by atoms with Gasteiger partial charge in [0.1, 0.15) is 12.1 Å². The molecule has 3 aromatic carbocycles. The van der Waals surface area contributed by atoms with Gasteiger partial charge in [0.25, 0.3) is 0 Å². The molecule has 0 spiro atoms. The first-order chi connectivity index (χ1) is 18.3. The number of nitrogens with zero attached hydrogens (tertiary/aromatic N) is 5. The van der Waals surface area contributed by atoms with Crippen LogP contribution in [0, 0.1) is 0 Å². The summed E-state index contributed by atoms with van der Waals surface area (Å²) in [6, 6.07) is 26.9. The lowest BCUT2D eigenvalue weighted by molar-refractivity contribution is 0.125. The van der Waals surface area contributed by atoms with E-state index in [-0.39, 0.29) is 12.5 Å². The zero-order valence-electron chi connectivity index (χ0n) is 19.9. The van der Waals surface area contributed by atoms with Crippen LogP contribution in [0.4, 0.5) is 0 Å². The van der Waals surface area contributed by atoms with Crippen LogP contribution in [-0.2, 0) is 11.4 Å². The second-order valence-corrected chi connectivity index (χ2v) is 9.79. The fraction of sp³-hybridized carbons (Fsp3) is 0.103. The highest BCUT2D eigenvalue weighted by molar-refractivity contribution is 7.12. The van der Waals surface area contributed by atoms with Gasteiger partial charge in [-0.25, -0.2) is 14.5 Å². The number of rotatable bonds is 5. The van der Waals surface area contributed by atoms with Crippen LogP contribution >= 0.6 is 11.3 Å². The minimum absolute atomic E-state index is 0.113. The largest absolute Gasteiger partial charge is 0.438 e. The summed E-state index contributed by atoms with van der Waals surface area (Å²) < 4.78 is 8.16. The second-order valence-electron chi connectivity index (χ2n) is 8.84. The molecule has 8 heteroatoms. The van der Waals surface area contributed by atoms with Crippen LogP contribution in [-0.4, -0.2) is 25.3 Å². The van der Waals surface area contributed by atoms with Gasteiger partial charge >= 0.3 is 0 Å². The second kappa shape index (κ2) is 8.83. The Hall–Kier alpha value is -4.56. The highest BCUT2D eigenvalue weighted by Gasteiger charge is 2.34. The van der Waals surface area contributed by atoms with Crippen LogP contribution in [0.15, 0.2) is 95.7 Å². The Labute approximate surface area is 216 Å². The maximum atomic E-state index is 6.47. The Morgan fingerprint density at radius 3 is 2.76 bits per heavy atom. The smallest absolute Gasteiger partial charge is 0.228 e. The maximum absolute atomic E-state index is 6.47. The Morgan fingerprint density at radius 2 is 1.89 bits per heavy atom. The lowest BCUT2D eigenvalue weighted by atomic mass is 9.83. The highest BCUT2D eigenvalue weighted by Crippen LogP contribution is 2.50. The number of thiophene rings is 1. The molecule has 4 heterocycles. The summed E-state index contributed by atoms with van der Waals surface area (Å²) >= 11 is 1.62. The molecule has 0 amide bonds. The highest BCUT2D eigenvalue weighted by atomic mass is 32.1. The van der Waals surface area contributed by atoms with Crippen molar-refractivity contribution < 1.29 is 9.57 Å². The van der Waals surface area contributed by atoms with E-state index in [9.17, 15) is 0 Å². The van der Waals surface area contributed by atoms with Gasteiger partial charge in [0.05, 0.1) is 16.2 Å². The van der Waals surface area contributed by atoms with Gasteiger partial charge in [0, 0.05) is 16.9 Å². The van der Waals surface area contributed by atoms with E-state index in [2.05, 4.69) is 63.8 Å². The van der Waals surface area contributed by atoms with Crippen LogP contribution in [0.2, 0.25) is 0 Å². The molecular formula is C29H21N5O2S. The van der Waals surface area contributed by atoms with Crippen molar-refractivity contribution in [1.29, 1.82) is 0 Å². The van der Waals surface area contributed by atoms with Crippen molar-refractivity contribution in [3.63, 3.8) is 0 Å². The molecule has 0 saturated heterocycles. The zero-order valence-corrected chi connectivity index (χ0v) is 20.7. The molecule has 3 aromatic heterocycles. The van der Waals surface area contributed by atoms with Gasteiger partial charge in [-0.15, -0.1) is 16.4 Å². The molecule has 0 fully saturated rings. The first kappa shape index (κ1) is 21.7. The van der Waals surface area contributed by atoms with E-state index in [0.717, 1.165) is 43.8 Å². The average Bonchev–Trinajstić information content (AvgIpc) is 3.63. The summed E-state index contributed by atoms with van der Waals surface area (Å²) in [5, 5.41) is 13.0. The molecule has 0 radical (unpaired) electrons. The molecule has 6 aromatic rings. The van der Waals surface area contributed by atoms with E-state index in [0.29, 0.717) is 17.4 Å². The molecule has 7 rings (SSSR count). The number of benzene rings is 3. The number of aromatic nitrogens is 4. The molecule has 0 aliphatic carbocycles. The van der Waals surface area contributed by atoms with Crippen molar-refractivity contribution >= 4 is 33.5 Å². The predicted molar refractivity (Wildman–Crippen MR) is 144 cm³/mol. The Balaban J connectivity index is 1.33. The monoisotopic (exact) mass is 503 g/mol. The van der Waals surface area contributed by atoms with E-state index in [1.165, 1.54) is 0 Å². The average molecular weight is 504 g/mol. The fourth-order valence-corrected chi connectivity index (χ4v) is 5.53. The van der Waals surface area contributed by atoms with E-state index >= 15 is 0 Å². The summed E-state index contributed by atoms with van der Waals surface area (Å²) in [4.78, 5) is 16.2. The first-order valence-electron chi connectivity index (χ1n) is 12.0. The molecule has 0 N–H and O–H groups in total. The number of hydrogen-bond donors (Lipinski definition) is 0. The number of hydrogen-bond acceptors (Lipinski definition) is 7.